The number of anilines is 1. The second-order valence-electron chi connectivity index (χ2n) is 6.78. The Balaban J connectivity index is 1.86. The van der Waals surface area contributed by atoms with Crippen LogP contribution in [0, 0.1) is 6.92 Å². The summed E-state index contributed by atoms with van der Waals surface area (Å²) in [5.41, 5.74) is 0.274. The normalized spacial score (nSPS) is 11.4. The number of aromatic nitrogens is 1. The van der Waals surface area contributed by atoms with Crippen molar-refractivity contribution in [3.05, 3.63) is 59.9 Å². The van der Waals surface area contributed by atoms with E-state index in [0.717, 1.165) is 0 Å². The molecule has 0 aliphatic heterocycles. The molecule has 0 bridgehead atoms. The largest absolute Gasteiger partial charge is 0.491 e. The van der Waals surface area contributed by atoms with Crippen LogP contribution in [-0.4, -0.2) is 27.0 Å². The molecule has 1 heterocycles. The quantitative estimate of drug-likeness (QED) is 0.483. The summed E-state index contributed by atoms with van der Waals surface area (Å²) in [6.45, 7) is 5.42. The van der Waals surface area contributed by atoms with Gasteiger partial charge >= 0.3 is 7.60 Å². The second kappa shape index (κ2) is 8.71. The Morgan fingerprint density at radius 3 is 2.30 bits per heavy atom. The van der Waals surface area contributed by atoms with E-state index in [4.69, 9.17) is 14.0 Å². The van der Waals surface area contributed by atoms with Crippen molar-refractivity contribution in [1.29, 1.82) is 0 Å². The van der Waals surface area contributed by atoms with E-state index >= 15 is 0 Å². The minimum absolute atomic E-state index is 0.116. The monoisotopic (exact) mass is 432 g/mol. The summed E-state index contributed by atoms with van der Waals surface area (Å²) in [6, 6.07) is 11.7. The molecule has 10 heteroatoms. The van der Waals surface area contributed by atoms with E-state index in [9.17, 15) is 19.1 Å². The maximum absolute atomic E-state index is 12.6. The molecule has 0 aliphatic rings. The topological polar surface area (TPSA) is 131 Å². The fourth-order valence-corrected chi connectivity index (χ4v) is 3.10. The van der Waals surface area contributed by atoms with Gasteiger partial charge in [-0.25, -0.2) is 0 Å². The molecule has 158 valence electrons. The van der Waals surface area contributed by atoms with Gasteiger partial charge < -0.3 is 29.1 Å². The van der Waals surface area contributed by atoms with Crippen molar-refractivity contribution in [3.63, 3.8) is 0 Å². The number of aryl methyl sites for hydroxylation is 1. The summed E-state index contributed by atoms with van der Waals surface area (Å²) in [5, 5.41) is 6.25. The van der Waals surface area contributed by atoms with Gasteiger partial charge in [0.25, 0.3) is 5.91 Å². The summed E-state index contributed by atoms with van der Waals surface area (Å²) >= 11 is 0. The molecule has 3 aromatic rings. The van der Waals surface area contributed by atoms with Gasteiger partial charge in [-0.3, -0.25) is 9.36 Å². The SMILES string of the molecule is Cc1cc(NC(=O)c2cc(Oc3ccc(P(=O)(O)O)cc3)cc(OC(C)C)c2)no1. The van der Waals surface area contributed by atoms with Crippen LogP contribution in [0.25, 0.3) is 0 Å². The van der Waals surface area contributed by atoms with E-state index < -0.39 is 13.5 Å². The standard InChI is InChI=1S/C20H21N2O7P/c1-12(2)27-16-9-14(20(23)21-19-8-13(3)29-22-19)10-17(11-16)28-15-4-6-18(7-5-15)30(24,25)26/h4-12H,1-3H3,(H,21,22,23)(H2,24,25,26). The van der Waals surface area contributed by atoms with Crippen LogP contribution in [0.3, 0.4) is 0 Å². The number of carbonyl (C=O) groups excluding carboxylic acids is 1. The number of ether oxygens (including phenoxy) is 2. The minimum atomic E-state index is -4.34. The van der Waals surface area contributed by atoms with Gasteiger partial charge in [-0.05, 0) is 57.2 Å². The Morgan fingerprint density at radius 1 is 1.07 bits per heavy atom. The average molecular weight is 432 g/mol. The Kier molecular flexibility index (Phi) is 6.26. The fourth-order valence-electron chi connectivity index (χ4n) is 2.56. The van der Waals surface area contributed by atoms with Crippen LogP contribution < -0.4 is 20.1 Å². The van der Waals surface area contributed by atoms with Crippen molar-refractivity contribution < 1.29 is 33.1 Å². The van der Waals surface area contributed by atoms with E-state index in [0.29, 0.717) is 23.0 Å². The zero-order chi connectivity index (χ0) is 21.9. The molecule has 2 aromatic carbocycles. The van der Waals surface area contributed by atoms with E-state index in [1.54, 1.807) is 25.1 Å². The highest BCUT2D eigenvalue weighted by molar-refractivity contribution is 7.60. The number of nitrogens with zero attached hydrogens (tertiary/aromatic N) is 1. The first-order valence-corrected chi connectivity index (χ1v) is 10.6. The Hall–Kier alpha value is -3.13. The molecular weight excluding hydrogens is 411 g/mol. The molecule has 3 N–H and O–H groups in total. The van der Waals surface area contributed by atoms with Gasteiger partial charge in [-0.1, -0.05) is 5.16 Å². The van der Waals surface area contributed by atoms with Crippen molar-refractivity contribution >= 4 is 24.6 Å². The molecule has 9 nitrogen and oxygen atoms in total. The lowest BCUT2D eigenvalue weighted by molar-refractivity contribution is 0.102. The third-order valence-corrected chi connectivity index (χ3v) is 4.76. The lowest BCUT2D eigenvalue weighted by atomic mass is 10.2. The number of benzene rings is 2. The molecule has 0 atom stereocenters. The molecule has 0 saturated carbocycles. The Bertz CT molecular complexity index is 1090. The summed E-state index contributed by atoms with van der Waals surface area (Å²) in [5.74, 6) is 1.49. The summed E-state index contributed by atoms with van der Waals surface area (Å²) < 4.78 is 27.7. The minimum Gasteiger partial charge on any atom is -0.491 e. The van der Waals surface area contributed by atoms with Gasteiger partial charge in [0.2, 0.25) is 0 Å². The van der Waals surface area contributed by atoms with Gasteiger partial charge in [0, 0.05) is 17.7 Å². The van der Waals surface area contributed by atoms with Crippen LogP contribution in [0.4, 0.5) is 5.82 Å². The van der Waals surface area contributed by atoms with Crippen LogP contribution in [0.2, 0.25) is 0 Å². The zero-order valence-corrected chi connectivity index (χ0v) is 17.4. The lowest BCUT2D eigenvalue weighted by Gasteiger charge is -2.14. The molecule has 0 aliphatic carbocycles. The maximum atomic E-state index is 12.6. The molecule has 30 heavy (non-hydrogen) atoms. The van der Waals surface area contributed by atoms with Gasteiger partial charge in [0.05, 0.1) is 11.4 Å². The predicted octanol–water partition coefficient (Wildman–Crippen LogP) is 3.62. The van der Waals surface area contributed by atoms with Crippen LogP contribution in [0.15, 0.2) is 53.1 Å². The van der Waals surface area contributed by atoms with Gasteiger partial charge in [-0.15, -0.1) is 0 Å². The van der Waals surface area contributed by atoms with Crippen molar-refractivity contribution in [2.45, 2.75) is 26.9 Å². The van der Waals surface area contributed by atoms with Gasteiger partial charge in [0.1, 0.15) is 23.0 Å². The lowest BCUT2D eigenvalue weighted by Crippen LogP contribution is -2.13. The Labute approximate surface area is 172 Å². The summed E-state index contributed by atoms with van der Waals surface area (Å²) in [6.07, 6.45) is -0.128. The second-order valence-corrected chi connectivity index (χ2v) is 8.38. The number of hydrogen-bond acceptors (Lipinski definition) is 6. The summed E-state index contributed by atoms with van der Waals surface area (Å²) in [4.78, 5) is 31.0. The summed E-state index contributed by atoms with van der Waals surface area (Å²) in [7, 11) is -4.34. The van der Waals surface area contributed by atoms with Crippen molar-refractivity contribution in [2.24, 2.45) is 0 Å². The number of nitrogens with one attached hydrogen (secondary N) is 1. The molecule has 0 fully saturated rings. The third-order valence-electron chi connectivity index (χ3n) is 3.79. The first-order chi connectivity index (χ1) is 14.1. The van der Waals surface area contributed by atoms with E-state index in [1.165, 1.54) is 30.3 Å². The highest BCUT2D eigenvalue weighted by atomic mass is 31.2. The van der Waals surface area contributed by atoms with Crippen LogP contribution in [0.1, 0.15) is 30.0 Å². The number of carbonyl (C=O) groups is 1. The first kappa shape index (κ1) is 21.6. The fraction of sp³-hybridized carbons (Fsp3) is 0.200. The van der Waals surface area contributed by atoms with Crippen LogP contribution >= 0.6 is 7.60 Å². The molecule has 0 spiro atoms. The number of amides is 1. The van der Waals surface area contributed by atoms with Gasteiger partial charge in [0.15, 0.2) is 5.82 Å². The van der Waals surface area contributed by atoms with Crippen LogP contribution in [-0.2, 0) is 4.57 Å². The molecular formula is C20H21N2O7P. The number of hydrogen-bond donors (Lipinski definition) is 3. The molecule has 1 aromatic heterocycles. The smallest absolute Gasteiger partial charge is 0.356 e. The van der Waals surface area contributed by atoms with Crippen molar-refractivity contribution in [2.75, 3.05) is 5.32 Å². The molecule has 3 rings (SSSR count). The van der Waals surface area contributed by atoms with Crippen molar-refractivity contribution in [3.8, 4) is 17.2 Å². The molecule has 0 unspecified atom stereocenters. The molecule has 0 saturated heterocycles. The highest BCUT2D eigenvalue weighted by Gasteiger charge is 2.17. The molecule has 1 amide bonds. The van der Waals surface area contributed by atoms with E-state index in [2.05, 4.69) is 10.5 Å². The van der Waals surface area contributed by atoms with Crippen molar-refractivity contribution in [1.82, 2.24) is 5.16 Å². The Morgan fingerprint density at radius 2 is 1.73 bits per heavy atom. The number of rotatable bonds is 7. The third kappa shape index (κ3) is 5.70. The highest BCUT2D eigenvalue weighted by Crippen LogP contribution is 2.34. The van der Waals surface area contributed by atoms with E-state index in [-0.39, 0.29) is 22.8 Å². The first-order valence-electron chi connectivity index (χ1n) is 9.00. The molecule has 0 radical (unpaired) electrons. The zero-order valence-electron chi connectivity index (χ0n) is 16.5. The van der Waals surface area contributed by atoms with E-state index in [1.807, 2.05) is 13.8 Å². The van der Waals surface area contributed by atoms with Gasteiger partial charge in [-0.2, -0.15) is 0 Å². The average Bonchev–Trinajstić information content (AvgIpc) is 3.05. The maximum Gasteiger partial charge on any atom is 0.356 e. The predicted molar refractivity (Wildman–Crippen MR) is 110 cm³/mol. The van der Waals surface area contributed by atoms with Crippen LogP contribution in [0.5, 0.6) is 17.2 Å².